The maximum atomic E-state index is 12.4. The minimum Gasteiger partial charge on any atom is -0.351 e. The number of likely N-dealkylation sites (tertiary alicyclic amines) is 1. The summed E-state index contributed by atoms with van der Waals surface area (Å²) in [5.74, 6) is 0.251. The molecule has 0 unspecified atom stereocenters. The SMILES string of the molecule is O=C(NCc1ccncc1)c1cc([C@@H]2CCCN(Cc3cccc(Cl)c3)C2)no1. The van der Waals surface area contributed by atoms with E-state index in [1.165, 1.54) is 5.56 Å². The second kappa shape index (κ2) is 9.20. The van der Waals surface area contributed by atoms with Crippen molar-refractivity contribution in [2.24, 2.45) is 0 Å². The highest BCUT2D eigenvalue weighted by Crippen LogP contribution is 2.28. The summed E-state index contributed by atoms with van der Waals surface area (Å²) in [6.07, 6.45) is 5.52. The van der Waals surface area contributed by atoms with Crippen molar-refractivity contribution < 1.29 is 9.32 Å². The summed E-state index contributed by atoms with van der Waals surface area (Å²) in [6.45, 7) is 3.21. The van der Waals surface area contributed by atoms with Crippen molar-refractivity contribution in [3.63, 3.8) is 0 Å². The van der Waals surface area contributed by atoms with Gasteiger partial charge in [-0.15, -0.1) is 0 Å². The van der Waals surface area contributed by atoms with Crippen LogP contribution in [0.1, 0.15) is 46.1 Å². The summed E-state index contributed by atoms with van der Waals surface area (Å²) < 4.78 is 5.33. The summed E-state index contributed by atoms with van der Waals surface area (Å²) in [5, 5.41) is 7.79. The van der Waals surface area contributed by atoms with Gasteiger partial charge in [0.25, 0.3) is 5.91 Å². The molecule has 29 heavy (non-hydrogen) atoms. The summed E-state index contributed by atoms with van der Waals surface area (Å²) in [6, 6.07) is 13.5. The minimum atomic E-state index is -0.257. The van der Waals surface area contributed by atoms with Gasteiger partial charge in [0, 0.05) is 49.0 Å². The predicted molar refractivity (Wildman–Crippen MR) is 111 cm³/mol. The number of amides is 1. The molecular weight excluding hydrogens is 388 g/mol. The first-order valence-corrected chi connectivity index (χ1v) is 10.2. The van der Waals surface area contributed by atoms with Crippen molar-refractivity contribution in [1.29, 1.82) is 0 Å². The average Bonchev–Trinajstić information content (AvgIpc) is 3.24. The van der Waals surface area contributed by atoms with E-state index < -0.39 is 0 Å². The van der Waals surface area contributed by atoms with Crippen LogP contribution in [0.5, 0.6) is 0 Å². The van der Waals surface area contributed by atoms with Crippen LogP contribution in [-0.4, -0.2) is 34.0 Å². The first-order chi connectivity index (χ1) is 14.2. The Morgan fingerprint density at radius 2 is 2.07 bits per heavy atom. The Morgan fingerprint density at radius 3 is 2.90 bits per heavy atom. The van der Waals surface area contributed by atoms with Crippen molar-refractivity contribution in [1.82, 2.24) is 20.4 Å². The van der Waals surface area contributed by atoms with Crippen LogP contribution in [0, 0.1) is 0 Å². The number of aromatic nitrogens is 2. The molecule has 0 aliphatic carbocycles. The lowest BCUT2D eigenvalue weighted by molar-refractivity contribution is 0.0913. The lowest BCUT2D eigenvalue weighted by Crippen LogP contribution is -2.34. The highest BCUT2D eigenvalue weighted by molar-refractivity contribution is 6.30. The van der Waals surface area contributed by atoms with E-state index in [4.69, 9.17) is 16.1 Å². The third-order valence-electron chi connectivity index (χ3n) is 5.17. The van der Waals surface area contributed by atoms with Crippen LogP contribution in [0.3, 0.4) is 0 Å². The zero-order valence-electron chi connectivity index (χ0n) is 16.1. The van der Waals surface area contributed by atoms with Gasteiger partial charge in [-0.05, 0) is 54.8 Å². The first kappa shape index (κ1) is 19.6. The lowest BCUT2D eigenvalue weighted by Gasteiger charge is -2.31. The Labute approximate surface area is 174 Å². The molecule has 6 nitrogen and oxygen atoms in total. The Balaban J connectivity index is 1.35. The van der Waals surface area contributed by atoms with Crippen molar-refractivity contribution in [3.8, 4) is 0 Å². The van der Waals surface area contributed by atoms with Crippen LogP contribution in [-0.2, 0) is 13.1 Å². The van der Waals surface area contributed by atoms with Gasteiger partial charge in [0.05, 0.1) is 5.69 Å². The standard InChI is InChI=1S/C22H23ClN4O2/c23-19-5-1-3-17(11-19)14-27-10-2-4-18(15-27)20-12-21(29-26-20)22(28)25-13-16-6-8-24-9-7-16/h1,3,5-9,11-12,18H,2,4,10,13-15H2,(H,25,28)/t18-/m1/s1. The van der Waals surface area contributed by atoms with Crippen molar-refractivity contribution >= 4 is 17.5 Å². The first-order valence-electron chi connectivity index (χ1n) is 9.78. The molecule has 150 valence electrons. The molecule has 1 N–H and O–H groups in total. The molecule has 0 bridgehead atoms. The van der Waals surface area contributed by atoms with Gasteiger partial charge in [-0.25, -0.2) is 0 Å². The molecule has 2 aromatic heterocycles. The van der Waals surface area contributed by atoms with E-state index in [-0.39, 0.29) is 17.6 Å². The second-order valence-electron chi connectivity index (χ2n) is 7.36. The van der Waals surface area contributed by atoms with Crippen molar-refractivity contribution in [2.75, 3.05) is 13.1 Å². The molecule has 7 heteroatoms. The average molecular weight is 411 g/mol. The zero-order valence-corrected chi connectivity index (χ0v) is 16.8. The highest BCUT2D eigenvalue weighted by atomic mass is 35.5. The maximum Gasteiger partial charge on any atom is 0.290 e. The van der Waals surface area contributed by atoms with Gasteiger partial charge >= 0.3 is 0 Å². The lowest BCUT2D eigenvalue weighted by atomic mass is 9.94. The number of rotatable bonds is 6. The number of piperidine rings is 1. The van der Waals surface area contributed by atoms with Gasteiger partial charge in [-0.2, -0.15) is 0 Å². The van der Waals surface area contributed by atoms with E-state index >= 15 is 0 Å². The fourth-order valence-corrected chi connectivity index (χ4v) is 3.91. The number of hydrogen-bond donors (Lipinski definition) is 1. The number of nitrogens with zero attached hydrogens (tertiary/aromatic N) is 3. The molecule has 1 aliphatic rings. The van der Waals surface area contributed by atoms with Crippen LogP contribution < -0.4 is 5.32 Å². The molecule has 0 radical (unpaired) electrons. The van der Waals surface area contributed by atoms with Gasteiger partial charge in [0.2, 0.25) is 5.76 Å². The van der Waals surface area contributed by atoms with Crippen LogP contribution in [0.4, 0.5) is 0 Å². The fourth-order valence-electron chi connectivity index (χ4n) is 3.69. The number of pyridine rings is 1. The Hall–Kier alpha value is -2.70. The normalized spacial score (nSPS) is 17.2. The quantitative estimate of drug-likeness (QED) is 0.664. The Kier molecular flexibility index (Phi) is 6.22. The number of benzene rings is 1. The number of carbonyl (C=O) groups is 1. The van der Waals surface area contributed by atoms with Crippen LogP contribution >= 0.6 is 11.6 Å². The number of carbonyl (C=O) groups excluding carboxylic acids is 1. The molecule has 1 aliphatic heterocycles. The minimum absolute atomic E-state index is 0.251. The maximum absolute atomic E-state index is 12.4. The summed E-state index contributed by atoms with van der Waals surface area (Å²) >= 11 is 6.10. The van der Waals surface area contributed by atoms with E-state index in [2.05, 4.69) is 26.4 Å². The molecule has 1 atom stereocenters. The fraction of sp³-hybridized carbons (Fsp3) is 0.318. The smallest absolute Gasteiger partial charge is 0.290 e. The van der Waals surface area contributed by atoms with E-state index in [0.717, 1.165) is 48.8 Å². The van der Waals surface area contributed by atoms with Crippen LogP contribution in [0.25, 0.3) is 0 Å². The van der Waals surface area contributed by atoms with Gasteiger partial charge in [0.1, 0.15) is 0 Å². The largest absolute Gasteiger partial charge is 0.351 e. The summed E-state index contributed by atoms with van der Waals surface area (Å²) in [7, 11) is 0. The molecule has 1 aromatic carbocycles. The van der Waals surface area contributed by atoms with Crippen molar-refractivity contribution in [2.45, 2.75) is 31.8 Å². The van der Waals surface area contributed by atoms with E-state index in [0.29, 0.717) is 6.54 Å². The summed E-state index contributed by atoms with van der Waals surface area (Å²) in [4.78, 5) is 18.7. The van der Waals surface area contributed by atoms with Crippen molar-refractivity contribution in [3.05, 3.63) is 82.5 Å². The molecule has 0 saturated carbocycles. The van der Waals surface area contributed by atoms with Gasteiger partial charge in [-0.1, -0.05) is 28.9 Å². The Bertz CT molecular complexity index is 960. The second-order valence-corrected chi connectivity index (χ2v) is 7.79. The molecule has 1 fully saturated rings. The molecule has 3 heterocycles. The molecule has 0 spiro atoms. The number of halogens is 1. The topological polar surface area (TPSA) is 71.3 Å². The zero-order chi connectivity index (χ0) is 20.1. The van der Waals surface area contributed by atoms with Crippen LogP contribution in [0.15, 0.2) is 59.4 Å². The number of nitrogens with one attached hydrogen (secondary N) is 1. The van der Waals surface area contributed by atoms with Gasteiger partial charge in [-0.3, -0.25) is 14.7 Å². The highest BCUT2D eigenvalue weighted by Gasteiger charge is 2.25. The van der Waals surface area contributed by atoms with E-state index in [9.17, 15) is 4.79 Å². The van der Waals surface area contributed by atoms with Gasteiger partial charge in [0.15, 0.2) is 0 Å². The molecule has 1 amide bonds. The third-order valence-corrected chi connectivity index (χ3v) is 5.41. The predicted octanol–water partition coefficient (Wildman–Crippen LogP) is 4.03. The monoisotopic (exact) mass is 410 g/mol. The number of hydrogen-bond acceptors (Lipinski definition) is 5. The molecule has 1 saturated heterocycles. The third kappa shape index (κ3) is 5.22. The molecule has 3 aromatic rings. The molecular formula is C22H23ClN4O2. The van der Waals surface area contributed by atoms with Crippen LogP contribution in [0.2, 0.25) is 5.02 Å². The van der Waals surface area contributed by atoms with Gasteiger partial charge < -0.3 is 9.84 Å². The van der Waals surface area contributed by atoms with E-state index in [1.807, 2.05) is 30.3 Å². The Morgan fingerprint density at radius 1 is 1.21 bits per heavy atom. The molecule has 4 rings (SSSR count). The summed E-state index contributed by atoms with van der Waals surface area (Å²) in [5.41, 5.74) is 3.03. The van der Waals surface area contributed by atoms with E-state index in [1.54, 1.807) is 18.5 Å².